The number of carbonyl (C=O) groups excluding carboxylic acids is 9. The highest BCUT2D eigenvalue weighted by molar-refractivity contribution is 6.13. The topological polar surface area (TPSA) is 303 Å². The van der Waals surface area contributed by atoms with Crippen molar-refractivity contribution in [2.75, 3.05) is 63.9 Å². The van der Waals surface area contributed by atoms with E-state index in [1.165, 1.54) is 50.3 Å². The van der Waals surface area contributed by atoms with Crippen LogP contribution in [0, 0.1) is 5.92 Å². The molecule has 5 atom stereocenters. The zero-order valence-electron chi connectivity index (χ0n) is 52.4. The average Bonchev–Trinajstić information content (AvgIpc) is 1.59. The summed E-state index contributed by atoms with van der Waals surface area (Å²) in [6.07, 6.45) is 3.50. The number of hydrogen-bond acceptors (Lipinski definition) is 17. The van der Waals surface area contributed by atoms with Crippen molar-refractivity contribution in [3.8, 4) is 23.0 Å². The minimum atomic E-state index is -1.56. The van der Waals surface area contributed by atoms with E-state index >= 15 is 0 Å². The van der Waals surface area contributed by atoms with E-state index in [9.17, 15) is 48.3 Å². The second kappa shape index (κ2) is 28.6. The fourth-order valence-corrected chi connectivity index (χ4v) is 10.9. The van der Waals surface area contributed by atoms with Gasteiger partial charge < -0.3 is 64.6 Å². The second-order valence-corrected chi connectivity index (χ2v) is 24.5. The van der Waals surface area contributed by atoms with E-state index in [0.29, 0.717) is 71.8 Å². The first-order chi connectivity index (χ1) is 42.7. The SMILES string of the molecule is C=C1C[C@H]2C=Nc3cc(OCCCOc4cc5c(cc4OC)C(=O)N4CC(=C)C[C@H]4[C@H](O)N5C(=O)OCc4ccc(NC(=O)[C@H](C)NC(=O)[C@@H](NC(=O)CCC(C)(C)OCCC(C)(C)NC(=O)CCN5C(=O)C=CC5=O)C(C)C)cc4)c(OC)cc3C(=O)N2C1. The summed E-state index contributed by atoms with van der Waals surface area (Å²) in [5.41, 5.74) is 2.03. The second-order valence-electron chi connectivity index (χ2n) is 24.5. The molecule has 0 unspecified atom stereocenters. The number of carbonyl (C=O) groups is 9. The fourth-order valence-electron chi connectivity index (χ4n) is 10.9. The van der Waals surface area contributed by atoms with Gasteiger partial charge in [0.2, 0.25) is 23.6 Å². The van der Waals surface area contributed by atoms with Gasteiger partial charge in [0.05, 0.1) is 67.6 Å². The van der Waals surface area contributed by atoms with Gasteiger partial charge in [-0.2, -0.15) is 0 Å². The molecule has 0 spiro atoms. The van der Waals surface area contributed by atoms with Crippen LogP contribution in [0.15, 0.2) is 90.0 Å². The van der Waals surface area contributed by atoms with E-state index in [0.717, 1.165) is 15.4 Å². The Kier molecular flexibility index (Phi) is 21.2. The van der Waals surface area contributed by atoms with Gasteiger partial charge in [0.1, 0.15) is 18.7 Å². The van der Waals surface area contributed by atoms with Crippen LogP contribution in [0.4, 0.5) is 21.9 Å². The van der Waals surface area contributed by atoms with E-state index in [1.54, 1.807) is 61.4 Å². The molecule has 0 aromatic heterocycles. The van der Waals surface area contributed by atoms with Crippen LogP contribution in [-0.2, 0) is 44.8 Å². The van der Waals surface area contributed by atoms with Gasteiger partial charge in [-0.05, 0) is 96.0 Å². The molecule has 5 aliphatic rings. The van der Waals surface area contributed by atoms with Gasteiger partial charge in [0, 0.05) is 87.2 Å². The van der Waals surface area contributed by atoms with Crippen molar-refractivity contribution in [2.24, 2.45) is 10.9 Å². The maximum Gasteiger partial charge on any atom is 0.416 e. The molecule has 3 aromatic carbocycles. The lowest BCUT2D eigenvalue weighted by Crippen LogP contribution is -2.53. The van der Waals surface area contributed by atoms with Crippen LogP contribution in [0.2, 0.25) is 0 Å². The molecule has 5 heterocycles. The third-order valence-corrected chi connectivity index (χ3v) is 16.1. The number of aliphatic imine (C=N–C) groups is 1. The van der Waals surface area contributed by atoms with Crippen molar-refractivity contribution in [1.82, 2.24) is 30.7 Å². The molecule has 5 aliphatic heterocycles. The molecule has 2 saturated heterocycles. The maximum atomic E-state index is 14.3. The quantitative estimate of drug-likeness (QED) is 0.0330. The number of amides is 9. The molecule has 3 aromatic rings. The Bertz CT molecular complexity index is 3360. The van der Waals surface area contributed by atoms with Gasteiger partial charge in [0.25, 0.3) is 23.6 Å². The van der Waals surface area contributed by atoms with Crippen molar-refractivity contribution in [1.29, 1.82) is 0 Å². The predicted molar refractivity (Wildman–Crippen MR) is 332 cm³/mol. The van der Waals surface area contributed by atoms with E-state index in [-0.39, 0.29) is 105 Å². The lowest BCUT2D eigenvalue weighted by molar-refractivity contribution is -0.137. The summed E-state index contributed by atoms with van der Waals surface area (Å²) in [4.78, 5) is 128. The fraction of sp³-hybridized carbons (Fsp3) is 0.477. The van der Waals surface area contributed by atoms with Crippen LogP contribution >= 0.6 is 0 Å². The van der Waals surface area contributed by atoms with Crippen LogP contribution in [0.3, 0.4) is 0 Å². The number of hydrogen-bond donors (Lipinski definition) is 5. The summed E-state index contributed by atoms with van der Waals surface area (Å²) in [5.74, 6) is -2.60. The Morgan fingerprint density at radius 2 is 1.36 bits per heavy atom. The molecule has 25 heteroatoms. The minimum Gasteiger partial charge on any atom is -0.493 e. The lowest BCUT2D eigenvalue weighted by atomic mass is 9.98. The molecule has 25 nitrogen and oxygen atoms in total. The summed E-state index contributed by atoms with van der Waals surface area (Å²) in [7, 11) is 2.90. The number of fused-ring (bicyclic) bond motifs is 4. The summed E-state index contributed by atoms with van der Waals surface area (Å²) in [6.45, 7) is 21.3. The molecule has 8 rings (SSSR count). The number of benzene rings is 3. The lowest BCUT2D eigenvalue weighted by Gasteiger charge is -2.31. The van der Waals surface area contributed by atoms with Gasteiger partial charge in [-0.3, -0.25) is 48.2 Å². The largest absolute Gasteiger partial charge is 0.493 e. The van der Waals surface area contributed by atoms with E-state index in [1.807, 2.05) is 27.7 Å². The van der Waals surface area contributed by atoms with E-state index < -0.39 is 77.0 Å². The molecule has 0 bridgehead atoms. The normalized spacial score (nSPS) is 18.5. The number of methoxy groups -OCH3 is 2. The first-order valence-corrected chi connectivity index (χ1v) is 30.0. The molecule has 90 heavy (non-hydrogen) atoms. The number of anilines is 2. The highest BCUT2D eigenvalue weighted by Gasteiger charge is 2.47. The predicted octanol–water partition coefficient (Wildman–Crippen LogP) is 6.04. The first-order valence-electron chi connectivity index (χ1n) is 30.0. The highest BCUT2D eigenvalue weighted by Crippen LogP contribution is 2.43. The Hall–Kier alpha value is -9.10. The summed E-state index contributed by atoms with van der Waals surface area (Å²) in [5, 5.41) is 23.1. The third-order valence-electron chi connectivity index (χ3n) is 16.1. The van der Waals surface area contributed by atoms with Crippen molar-refractivity contribution in [3.63, 3.8) is 0 Å². The van der Waals surface area contributed by atoms with Crippen LogP contribution < -0.4 is 45.1 Å². The number of aliphatic hydroxyl groups excluding tert-OH is 1. The molecule has 5 N–H and O–H groups in total. The molecule has 9 amide bonds. The van der Waals surface area contributed by atoms with Gasteiger partial charge >= 0.3 is 6.09 Å². The Morgan fingerprint density at radius 1 is 0.733 bits per heavy atom. The molecule has 2 fully saturated rings. The number of imide groups is 1. The zero-order chi connectivity index (χ0) is 65.4. The molecule has 0 aliphatic carbocycles. The van der Waals surface area contributed by atoms with Crippen molar-refractivity contribution in [3.05, 3.63) is 102 Å². The van der Waals surface area contributed by atoms with Gasteiger partial charge in [-0.15, -0.1) is 0 Å². The Labute approximate surface area is 523 Å². The van der Waals surface area contributed by atoms with Gasteiger partial charge in [-0.1, -0.05) is 50.3 Å². The number of aliphatic hydroxyl groups is 1. The number of ether oxygens (including phenoxy) is 6. The standard InChI is InChI=1S/C65H81N9O16/c1-37(2)57(69-53(75)19-21-65(8,9)90-26-22-64(6,7)70-54(76)20-23-71-55(77)17-18-56(71)78)59(80)67-40(5)58(79)68-42-15-13-41(14-16-42)36-89-63(84)74-47-32-52(50(86-11)30-45(47)61(82)73-35-39(4)28-48(73)62(74)83)88-25-12-24-87-51-31-46-44(29-49(51)85-10)60(81)72-34-38(3)27-43(72)33-66-46/h13-18,29-33,37,40,43,48,57,62,83H,3-4,12,19-28,34-36H2,1-2,5-11H3,(H,67,80)(H,68,79)(H,69,75)(H,70,76)/t40-,43-,48-,57-,62-/m0/s1. The van der Waals surface area contributed by atoms with E-state index in [2.05, 4.69) is 39.4 Å². The summed E-state index contributed by atoms with van der Waals surface area (Å²) in [6, 6.07) is 9.59. The summed E-state index contributed by atoms with van der Waals surface area (Å²) >= 11 is 0. The molecular formula is C65H81N9O16. The van der Waals surface area contributed by atoms with Crippen LogP contribution in [-0.4, -0.2) is 175 Å². The monoisotopic (exact) mass is 1240 g/mol. The van der Waals surface area contributed by atoms with Crippen molar-refractivity contribution < 1.29 is 76.7 Å². The summed E-state index contributed by atoms with van der Waals surface area (Å²) < 4.78 is 35.5. The number of nitrogens with zero attached hydrogens (tertiary/aromatic N) is 5. The van der Waals surface area contributed by atoms with E-state index in [4.69, 9.17) is 28.4 Å². The molecule has 0 radical (unpaired) electrons. The molecule has 0 saturated carbocycles. The zero-order valence-corrected chi connectivity index (χ0v) is 52.4. The van der Waals surface area contributed by atoms with Gasteiger partial charge in [0.15, 0.2) is 29.2 Å². The smallest absolute Gasteiger partial charge is 0.416 e. The van der Waals surface area contributed by atoms with Crippen LogP contribution in [0.25, 0.3) is 0 Å². The molecule has 482 valence electrons. The highest BCUT2D eigenvalue weighted by atomic mass is 16.6. The first kappa shape index (κ1) is 66.8. The minimum absolute atomic E-state index is 0.0238. The molecular weight excluding hydrogens is 1160 g/mol. The maximum absolute atomic E-state index is 14.3. The number of nitrogens with one attached hydrogen (secondary N) is 4. The Balaban J connectivity index is 0.812. The van der Waals surface area contributed by atoms with Crippen molar-refractivity contribution >= 4 is 76.6 Å². The van der Waals surface area contributed by atoms with Crippen LogP contribution in [0.1, 0.15) is 120 Å². The Morgan fingerprint density at radius 3 is 2.01 bits per heavy atom. The van der Waals surface area contributed by atoms with Gasteiger partial charge in [-0.25, -0.2) is 9.69 Å². The number of rotatable bonds is 27. The average molecular weight is 1240 g/mol. The third kappa shape index (κ3) is 16.2. The van der Waals surface area contributed by atoms with Crippen LogP contribution in [0.5, 0.6) is 23.0 Å². The van der Waals surface area contributed by atoms with Crippen molar-refractivity contribution in [2.45, 2.75) is 142 Å².